The number of rotatable bonds is 3. The van der Waals surface area contributed by atoms with Crippen molar-refractivity contribution in [2.75, 3.05) is 11.2 Å². The fraction of sp³-hybridized carbons (Fsp3) is 1.00. The first-order valence-corrected chi connectivity index (χ1v) is 5.64. The minimum absolute atomic E-state index is 0.297. The Morgan fingerprint density at radius 3 is 2.11 bits per heavy atom. The van der Waals surface area contributed by atoms with Gasteiger partial charge < -0.3 is 9.79 Å². The van der Waals surface area contributed by atoms with Gasteiger partial charge in [-0.05, 0) is 0 Å². The third-order valence-electron chi connectivity index (χ3n) is 0.634. The first-order chi connectivity index (χ1) is 3.95. The van der Waals surface area contributed by atoms with Gasteiger partial charge >= 0.3 is 7.60 Å². The highest BCUT2D eigenvalue weighted by Crippen LogP contribution is 2.34. The fourth-order valence-corrected chi connectivity index (χ4v) is 2.51. The maximum absolute atomic E-state index is 10.4. The molecule has 0 aromatic rings. The lowest BCUT2D eigenvalue weighted by Crippen LogP contribution is -1.99. The zero-order chi connectivity index (χ0) is 7.49. The van der Waals surface area contributed by atoms with Gasteiger partial charge in [-0.3, -0.25) is 8.77 Å². The van der Waals surface area contributed by atoms with Gasteiger partial charge in [0.15, 0.2) is 0 Å². The minimum atomic E-state index is -4.04. The van der Waals surface area contributed by atoms with Gasteiger partial charge in [0, 0.05) is 16.6 Å². The Balaban J connectivity index is 3.75. The molecule has 0 aliphatic rings. The van der Waals surface area contributed by atoms with Crippen LogP contribution in [0.5, 0.6) is 0 Å². The third kappa shape index (κ3) is 6.18. The Morgan fingerprint density at radius 2 is 2.00 bits per heavy atom. The number of hydrogen-bond donors (Lipinski definition) is 2. The van der Waals surface area contributed by atoms with E-state index >= 15 is 0 Å². The summed E-state index contributed by atoms with van der Waals surface area (Å²) in [6.07, 6.45) is 0. The van der Waals surface area contributed by atoms with E-state index in [0.29, 0.717) is 5.75 Å². The van der Waals surface area contributed by atoms with Gasteiger partial charge in [0.05, 0.1) is 0 Å². The highest BCUT2D eigenvalue weighted by atomic mass is 32.2. The maximum atomic E-state index is 10.4. The van der Waals surface area contributed by atoms with Crippen LogP contribution in [-0.4, -0.2) is 25.2 Å². The van der Waals surface area contributed by atoms with Crippen LogP contribution in [0.4, 0.5) is 0 Å². The van der Waals surface area contributed by atoms with Crippen molar-refractivity contribution in [1.29, 1.82) is 0 Å². The standard InChI is InChI=1S/C3H9O4PS/c1-2-9(7)3-8(4,5)6/h2-3H2,1H3,(H2,4,5,6). The Kier molecular flexibility index (Phi) is 3.58. The van der Waals surface area contributed by atoms with Crippen LogP contribution < -0.4 is 0 Å². The van der Waals surface area contributed by atoms with Crippen molar-refractivity contribution in [2.45, 2.75) is 6.92 Å². The summed E-state index contributed by atoms with van der Waals surface area (Å²) in [5, 5.41) is 0. The van der Waals surface area contributed by atoms with E-state index in [4.69, 9.17) is 9.79 Å². The molecule has 4 nitrogen and oxygen atoms in total. The molecule has 2 N–H and O–H groups in total. The van der Waals surface area contributed by atoms with Crippen LogP contribution in [-0.2, 0) is 15.4 Å². The lowest BCUT2D eigenvalue weighted by Gasteiger charge is -1.99. The van der Waals surface area contributed by atoms with E-state index in [1.54, 1.807) is 6.92 Å². The molecular formula is C3H9O4PS. The van der Waals surface area contributed by atoms with Gasteiger partial charge in [0.1, 0.15) is 5.49 Å². The Bertz CT molecular complexity index is 150. The second-order valence-electron chi connectivity index (χ2n) is 1.52. The Hall–Kier alpha value is 0.300. The van der Waals surface area contributed by atoms with E-state index < -0.39 is 23.9 Å². The molecule has 0 radical (unpaired) electrons. The summed E-state index contributed by atoms with van der Waals surface area (Å²) in [4.78, 5) is 16.5. The minimum Gasteiger partial charge on any atom is -0.324 e. The lowest BCUT2D eigenvalue weighted by molar-refractivity contribution is 0.379. The lowest BCUT2D eigenvalue weighted by atomic mass is 11.0. The van der Waals surface area contributed by atoms with Gasteiger partial charge in [-0.25, -0.2) is 0 Å². The fourth-order valence-electron chi connectivity index (χ4n) is 0.279. The molecule has 56 valence electrons. The molecule has 0 heterocycles. The van der Waals surface area contributed by atoms with Gasteiger partial charge in [-0.2, -0.15) is 0 Å². The highest BCUT2D eigenvalue weighted by Gasteiger charge is 2.15. The largest absolute Gasteiger partial charge is 0.337 e. The second kappa shape index (κ2) is 3.46. The van der Waals surface area contributed by atoms with E-state index in [1.165, 1.54) is 0 Å². The van der Waals surface area contributed by atoms with Gasteiger partial charge in [0.25, 0.3) is 0 Å². The quantitative estimate of drug-likeness (QED) is 0.582. The van der Waals surface area contributed by atoms with Crippen molar-refractivity contribution < 1.29 is 18.6 Å². The predicted molar refractivity (Wildman–Crippen MR) is 35.6 cm³/mol. The molecule has 0 aromatic carbocycles. The van der Waals surface area contributed by atoms with Crippen molar-refractivity contribution in [2.24, 2.45) is 0 Å². The summed E-state index contributed by atoms with van der Waals surface area (Å²) in [5.41, 5.74) is -0.510. The molecule has 1 atom stereocenters. The molecule has 0 rings (SSSR count). The molecule has 0 bridgehead atoms. The van der Waals surface area contributed by atoms with Crippen LogP contribution in [0.2, 0.25) is 0 Å². The number of hydrogen-bond acceptors (Lipinski definition) is 2. The van der Waals surface area contributed by atoms with E-state index in [1.807, 2.05) is 0 Å². The Labute approximate surface area is 55.9 Å². The summed E-state index contributed by atoms with van der Waals surface area (Å²) in [6.45, 7) is 1.62. The zero-order valence-electron chi connectivity index (χ0n) is 4.98. The van der Waals surface area contributed by atoms with Crippen LogP contribution >= 0.6 is 7.60 Å². The molecule has 0 amide bonds. The van der Waals surface area contributed by atoms with Crippen molar-refractivity contribution >= 4 is 18.4 Å². The highest BCUT2D eigenvalue weighted by molar-refractivity contribution is 7.92. The van der Waals surface area contributed by atoms with Crippen LogP contribution in [0.25, 0.3) is 0 Å². The van der Waals surface area contributed by atoms with Gasteiger partial charge in [0.2, 0.25) is 0 Å². The average molecular weight is 172 g/mol. The SMILES string of the molecule is CCS(=O)CP(=O)(O)O. The smallest absolute Gasteiger partial charge is 0.324 e. The first-order valence-electron chi connectivity index (χ1n) is 2.35. The van der Waals surface area contributed by atoms with E-state index in [2.05, 4.69) is 0 Å². The molecule has 0 spiro atoms. The Morgan fingerprint density at radius 1 is 1.56 bits per heavy atom. The predicted octanol–water partition coefficient (Wildman–Crippen LogP) is -0.110. The third-order valence-corrected chi connectivity index (χ3v) is 3.78. The molecule has 0 fully saturated rings. The molecule has 0 saturated heterocycles. The maximum Gasteiger partial charge on any atom is 0.337 e. The zero-order valence-corrected chi connectivity index (χ0v) is 6.69. The average Bonchev–Trinajstić information content (AvgIpc) is 1.62. The topological polar surface area (TPSA) is 74.6 Å². The van der Waals surface area contributed by atoms with E-state index in [0.717, 1.165) is 0 Å². The normalized spacial score (nSPS) is 15.4. The van der Waals surface area contributed by atoms with Crippen LogP contribution in [0, 0.1) is 0 Å². The van der Waals surface area contributed by atoms with E-state index in [-0.39, 0.29) is 0 Å². The van der Waals surface area contributed by atoms with Gasteiger partial charge in [-0.15, -0.1) is 0 Å². The summed E-state index contributed by atoms with van der Waals surface area (Å²) in [5.74, 6) is 0.297. The molecular weight excluding hydrogens is 163 g/mol. The summed E-state index contributed by atoms with van der Waals surface area (Å²) < 4.78 is 20.5. The van der Waals surface area contributed by atoms with Crippen molar-refractivity contribution in [3.05, 3.63) is 0 Å². The molecule has 9 heavy (non-hydrogen) atoms. The first kappa shape index (κ1) is 9.30. The molecule has 1 unspecified atom stereocenters. The molecule has 0 aliphatic heterocycles. The summed E-state index contributed by atoms with van der Waals surface area (Å²) in [6, 6.07) is 0. The van der Waals surface area contributed by atoms with Gasteiger partial charge in [-0.1, -0.05) is 6.92 Å². The van der Waals surface area contributed by atoms with Crippen LogP contribution in [0.1, 0.15) is 6.92 Å². The second-order valence-corrected chi connectivity index (χ2v) is 5.34. The van der Waals surface area contributed by atoms with Crippen LogP contribution in [0.15, 0.2) is 0 Å². The van der Waals surface area contributed by atoms with Crippen LogP contribution in [0.3, 0.4) is 0 Å². The summed E-state index contributed by atoms with van der Waals surface area (Å²) in [7, 11) is -5.40. The molecule has 6 heteroatoms. The van der Waals surface area contributed by atoms with Crippen molar-refractivity contribution in [1.82, 2.24) is 0 Å². The van der Waals surface area contributed by atoms with Crippen molar-refractivity contribution in [3.63, 3.8) is 0 Å². The van der Waals surface area contributed by atoms with Crippen molar-refractivity contribution in [3.8, 4) is 0 Å². The molecule has 0 saturated carbocycles. The van der Waals surface area contributed by atoms with E-state index in [9.17, 15) is 8.77 Å². The summed E-state index contributed by atoms with van der Waals surface area (Å²) >= 11 is 0. The monoisotopic (exact) mass is 172 g/mol. The molecule has 0 aromatic heterocycles. The molecule has 0 aliphatic carbocycles.